The van der Waals surface area contributed by atoms with Gasteiger partial charge < -0.3 is 9.64 Å². The van der Waals surface area contributed by atoms with E-state index >= 15 is 0 Å². The van der Waals surface area contributed by atoms with Crippen molar-refractivity contribution in [3.63, 3.8) is 0 Å². The molecule has 0 spiro atoms. The molecule has 138 valence electrons. The second-order valence-corrected chi connectivity index (χ2v) is 6.56. The van der Waals surface area contributed by atoms with E-state index in [9.17, 15) is 18.0 Å². The molecule has 27 heavy (non-hydrogen) atoms. The van der Waals surface area contributed by atoms with E-state index in [1.54, 1.807) is 0 Å². The van der Waals surface area contributed by atoms with Crippen molar-refractivity contribution in [1.82, 2.24) is 9.97 Å². The van der Waals surface area contributed by atoms with Crippen molar-refractivity contribution < 1.29 is 22.7 Å². The normalized spacial score (nSPS) is 14.5. The maximum atomic E-state index is 13.0. The van der Waals surface area contributed by atoms with Crippen LogP contribution in [0.5, 0.6) is 5.88 Å². The van der Waals surface area contributed by atoms with E-state index in [1.165, 1.54) is 34.6 Å². The Bertz CT molecular complexity index is 990. The van der Waals surface area contributed by atoms with E-state index < -0.39 is 17.6 Å². The van der Waals surface area contributed by atoms with Gasteiger partial charge >= 0.3 is 6.18 Å². The first-order valence-corrected chi connectivity index (χ1v) is 8.89. The molecule has 3 aromatic rings. The number of thiophene rings is 1. The Kier molecular flexibility index (Phi) is 4.31. The van der Waals surface area contributed by atoms with Gasteiger partial charge in [0.25, 0.3) is 5.91 Å². The van der Waals surface area contributed by atoms with Crippen LogP contribution in [0.15, 0.2) is 47.3 Å². The molecule has 0 bridgehead atoms. The summed E-state index contributed by atoms with van der Waals surface area (Å²) in [7, 11) is 0. The van der Waals surface area contributed by atoms with Crippen molar-refractivity contribution in [3.8, 4) is 17.3 Å². The minimum Gasteiger partial charge on any atom is -0.475 e. The maximum Gasteiger partial charge on any atom is 0.416 e. The van der Waals surface area contributed by atoms with Crippen LogP contribution in [0.2, 0.25) is 0 Å². The first kappa shape index (κ1) is 17.5. The number of alkyl halides is 3. The Balaban J connectivity index is 1.70. The number of amides is 1. The predicted octanol–water partition coefficient (Wildman–Crippen LogP) is 4.26. The second-order valence-electron chi connectivity index (χ2n) is 5.78. The fraction of sp³-hybridized carbons (Fsp3) is 0.167. The highest BCUT2D eigenvalue weighted by Gasteiger charge is 2.32. The number of hydrogen-bond acceptors (Lipinski definition) is 5. The summed E-state index contributed by atoms with van der Waals surface area (Å²) in [6.45, 7) is 0.208. The van der Waals surface area contributed by atoms with Gasteiger partial charge in [0.1, 0.15) is 12.2 Å². The molecule has 0 radical (unpaired) electrons. The van der Waals surface area contributed by atoms with Gasteiger partial charge in [-0.2, -0.15) is 29.5 Å². The summed E-state index contributed by atoms with van der Waals surface area (Å²) in [5.41, 5.74) is 0.247. The summed E-state index contributed by atoms with van der Waals surface area (Å²) in [6, 6.07) is 6.49. The molecule has 1 amide bonds. The highest BCUT2D eigenvalue weighted by Crippen LogP contribution is 2.33. The van der Waals surface area contributed by atoms with Crippen molar-refractivity contribution in [2.24, 2.45) is 0 Å². The van der Waals surface area contributed by atoms with Gasteiger partial charge in [-0.25, -0.2) is 4.98 Å². The Morgan fingerprint density at radius 2 is 2.07 bits per heavy atom. The van der Waals surface area contributed by atoms with Gasteiger partial charge in [0, 0.05) is 22.8 Å². The van der Waals surface area contributed by atoms with E-state index in [0.717, 1.165) is 17.7 Å². The number of hydrogen-bond donors (Lipinski definition) is 0. The van der Waals surface area contributed by atoms with Gasteiger partial charge in [-0.3, -0.25) is 4.79 Å². The third kappa shape index (κ3) is 3.37. The Labute approximate surface area is 156 Å². The predicted molar refractivity (Wildman–Crippen MR) is 94.0 cm³/mol. The van der Waals surface area contributed by atoms with Crippen LogP contribution in [-0.2, 0) is 6.18 Å². The van der Waals surface area contributed by atoms with Gasteiger partial charge in [-0.05, 0) is 29.6 Å². The summed E-state index contributed by atoms with van der Waals surface area (Å²) >= 11 is 1.49. The molecule has 1 aliphatic heterocycles. The van der Waals surface area contributed by atoms with Crippen molar-refractivity contribution in [2.45, 2.75) is 6.18 Å². The zero-order valence-electron chi connectivity index (χ0n) is 13.7. The molecule has 3 heterocycles. The van der Waals surface area contributed by atoms with Gasteiger partial charge in [0.15, 0.2) is 5.82 Å². The number of nitrogens with zero attached hydrogens (tertiary/aromatic N) is 3. The van der Waals surface area contributed by atoms with Gasteiger partial charge in [0.05, 0.1) is 12.1 Å². The fourth-order valence-corrected chi connectivity index (χ4v) is 3.37. The third-order valence-corrected chi connectivity index (χ3v) is 4.73. The first-order chi connectivity index (χ1) is 12.9. The molecular weight excluding hydrogens is 379 g/mol. The standard InChI is InChI=1S/C18H12F3N3O2S/c19-18(20,21)12-2-1-3-13(8-12)24-5-6-26-16-14(17(24)25)9-22-15(23-16)11-4-7-27-10-11/h1-4,7-10H,5-6H2. The molecule has 1 aliphatic rings. The summed E-state index contributed by atoms with van der Waals surface area (Å²) < 4.78 is 44.5. The number of aromatic nitrogens is 2. The average Bonchev–Trinajstić information content (AvgIpc) is 3.13. The van der Waals surface area contributed by atoms with E-state index in [2.05, 4.69) is 9.97 Å². The van der Waals surface area contributed by atoms with Crippen molar-refractivity contribution >= 4 is 22.9 Å². The third-order valence-electron chi connectivity index (χ3n) is 4.05. The molecule has 0 atom stereocenters. The maximum absolute atomic E-state index is 13.0. The smallest absolute Gasteiger partial charge is 0.416 e. The summed E-state index contributed by atoms with van der Waals surface area (Å²) in [5.74, 6) is 0.0553. The zero-order chi connectivity index (χ0) is 19.0. The molecule has 2 aromatic heterocycles. The van der Waals surface area contributed by atoms with Gasteiger partial charge in [-0.1, -0.05) is 6.07 Å². The molecule has 0 N–H and O–H groups in total. The number of benzene rings is 1. The lowest BCUT2D eigenvalue weighted by Crippen LogP contribution is -2.32. The monoisotopic (exact) mass is 391 g/mol. The molecule has 0 saturated heterocycles. The Morgan fingerprint density at radius 1 is 1.22 bits per heavy atom. The summed E-state index contributed by atoms with van der Waals surface area (Å²) in [5, 5.41) is 3.75. The van der Waals surface area contributed by atoms with Crippen LogP contribution in [0.1, 0.15) is 15.9 Å². The number of ether oxygens (including phenoxy) is 1. The largest absolute Gasteiger partial charge is 0.475 e. The molecular formula is C18H12F3N3O2S. The van der Waals surface area contributed by atoms with Crippen LogP contribution < -0.4 is 9.64 Å². The summed E-state index contributed by atoms with van der Waals surface area (Å²) in [6.07, 6.45) is -3.14. The number of carbonyl (C=O) groups excluding carboxylic acids is 1. The molecule has 4 rings (SSSR count). The minimum atomic E-state index is -4.49. The molecule has 0 saturated carbocycles. The molecule has 9 heteroatoms. The SMILES string of the molecule is O=C1c2cnc(-c3ccsc3)nc2OCCN1c1cccc(C(F)(F)F)c1. The van der Waals surface area contributed by atoms with E-state index in [-0.39, 0.29) is 30.3 Å². The fourth-order valence-electron chi connectivity index (χ4n) is 2.73. The van der Waals surface area contributed by atoms with Gasteiger partial charge in [0.2, 0.25) is 5.88 Å². The van der Waals surface area contributed by atoms with Crippen LogP contribution in [0, 0.1) is 0 Å². The zero-order valence-corrected chi connectivity index (χ0v) is 14.5. The van der Waals surface area contributed by atoms with Crippen molar-refractivity contribution in [1.29, 1.82) is 0 Å². The van der Waals surface area contributed by atoms with Crippen LogP contribution >= 0.6 is 11.3 Å². The molecule has 5 nitrogen and oxygen atoms in total. The number of carbonyl (C=O) groups is 1. The topological polar surface area (TPSA) is 55.3 Å². The van der Waals surface area contributed by atoms with Crippen LogP contribution in [0.4, 0.5) is 18.9 Å². The van der Waals surface area contributed by atoms with Crippen LogP contribution in [0.3, 0.4) is 0 Å². The minimum absolute atomic E-state index is 0.101. The second kappa shape index (κ2) is 6.66. The number of fused-ring (bicyclic) bond motifs is 1. The Hall–Kier alpha value is -2.94. The number of halogens is 3. The summed E-state index contributed by atoms with van der Waals surface area (Å²) in [4.78, 5) is 22.6. The molecule has 0 aliphatic carbocycles. The van der Waals surface area contributed by atoms with E-state index in [4.69, 9.17) is 4.74 Å². The highest BCUT2D eigenvalue weighted by atomic mass is 32.1. The first-order valence-electron chi connectivity index (χ1n) is 7.95. The molecule has 0 fully saturated rings. The van der Waals surface area contributed by atoms with E-state index in [1.807, 2.05) is 16.8 Å². The lowest BCUT2D eigenvalue weighted by molar-refractivity contribution is -0.137. The lowest BCUT2D eigenvalue weighted by Gasteiger charge is -2.21. The average molecular weight is 391 g/mol. The quantitative estimate of drug-likeness (QED) is 0.655. The lowest BCUT2D eigenvalue weighted by atomic mass is 10.1. The van der Waals surface area contributed by atoms with Crippen molar-refractivity contribution in [2.75, 3.05) is 18.1 Å². The molecule has 1 aromatic carbocycles. The van der Waals surface area contributed by atoms with Gasteiger partial charge in [-0.15, -0.1) is 0 Å². The van der Waals surface area contributed by atoms with Crippen LogP contribution in [0.25, 0.3) is 11.4 Å². The van der Waals surface area contributed by atoms with Crippen molar-refractivity contribution in [3.05, 3.63) is 58.4 Å². The van der Waals surface area contributed by atoms with E-state index in [0.29, 0.717) is 5.82 Å². The highest BCUT2D eigenvalue weighted by molar-refractivity contribution is 7.08. The molecule has 0 unspecified atom stereocenters. The van der Waals surface area contributed by atoms with Crippen LogP contribution in [-0.4, -0.2) is 29.0 Å². The number of rotatable bonds is 2. The number of anilines is 1. The Morgan fingerprint density at radius 3 is 2.81 bits per heavy atom.